The van der Waals surface area contributed by atoms with Crippen molar-refractivity contribution in [2.24, 2.45) is 0 Å². The zero-order valence-electron chi connectivity index (χ0n) is 10.7. The minimum atomic E-state index is 0.861. The van der Waals surface area contributed by atoms with E-state index in [1.54, 1.807) is 12.5 Å². The molecule has 2 rings (SSSR count). The van der Waals surface area contributed by atoms with Crippen molar-refractivity contribution in [3.8, 4) is 0 Å². The lowest BCUT2D eigenvalue weighted by Crippen LogP contribution is -2.28. The highest BCUT2D eigenvalue weighted by molar-refractivity contribution is 5.09. The molecule has 96 valence electrons. The molecule has 0 aromatic carbocycles. The highest BCUT2D eigenvalue weighted by Crippen LogP contribution is 2.01. The maximum atomic E-state index is 5.02. The smallest absolute Gasteiger partial charge is 0.0947 e. The molecule has 0 aliphatic carbocycles. The van der Waals surface area contributed by atoms with Gasteiger partial charge in [0.2, 0.25) is 0 Å². The average Bonchev–Trinajstić information content (AvgIpc) is 2.89. The van der Waals surface area contributed by atoms with Gasteiger partial charge in [-0.25, -0.2) is 0 Å². The van der Waals surface area contributed by atoms with Crippen molar-refractivity contribution >= 4 is 0 Å². The summed E-state index contributed by atoms with van der Waals surface area (Å²) in [6.45, 7) is 3.79. The number of furan rings is 1. The monoisotopic (exact) mass is 245 g/mol. The van der Waals surface area contributed by atoms with E-state index in [0.29, 0.717) is 0 Å². The number of likely N-dealkylation sites (N-methyl/N-ethyl adjacent to an activating group) is 1. The van der Waals surface area contributed by atoms with E-state index in [9.17, 15) is 0 Å². The Bertz CT molecular complexity index is 428. The zero-order chi connectivity index (χ0) is 12.6. The van der Waals surface area contributed by atoms with E-state index in [1.807, 2.05) is 18.5 Å². The van der Waals surface area contributed by atoms with Crippen LogP contribution in [0.3, 0.4) is 0 Å². The third-order valence-electron chi connectivity index (χ3n) is 2.78. The molecule has 0 bridgehead atoms. The number of nitrogens with one attached hydrogen (secondary N) is 1. The first-order valence-corrected chi connectivity index (χ1v) is 6.14. The Morgan fingerprint density at radius 1 is 1.22 bits per heavy atom. The Balaban J connectivity index is 1.62. The number of hydrogen-bond acceptors (Lipinski definition) is 4. The second kappa shape index (κ2) is 6.93. The summed E-state index contributed by atoms with van der Waals surface area (Å²) in [5, 5.41) is 3.39. The first-order valence-electron chi connectivity index (χ1n) is 6.14. The molecule has 2 aromatic rings. The lowest BCUT2D eigenvalue weighted by atomic mass is 10.2. The molecule has 4 nitrogen and oxygen atoms in total. The Hall–Kier alpha value is -1.65. The van der Waals surface area contributed by atoms with E-state index >= 15 is 0 Å². The van der Waals surface area contributed by atoms with E-state index in [2.05, 4.69) is 34.4 Å². The summed E-state index contributed by atoms with van der Waals surface area (Å²) in [4.78, 5) is 6.31. The maximum absolute atomic E-state index is 5.02. The molecule has 4 heteroatoms. The van der Waals surface area contributed by atoms with Gasteiger partial charge in [0.25, 0.3) is 0 Å². The van der Waals surface area contributed by atoms with E-state index in [-0.39, 0.29) is 0 Å². The van der Waals surface area contributed by atoms with Gasteiger partial charge < -0.3 is 14.6 Å². The summed E-state index contributed by atoms with van der Waals surface area (Å²) in [6, 6.07) is 6.08. The molecule has 0 aliphatic rings. The van der Waals surface area contributed by atoms with Crippen LogP contribution in [0.2, 0.25) is 0 Å². The van der Waals surface area contributed by atoms with Crippen molar-refractivity contribution in [2.45, 2.75) is 13.1 Å². The van der Waals surface area contributed by atoms with E-state index in [1.165, 1.54) is 11.1 Å². The van der Waals surface area contributed by atoms with Crippen LogP contribution in [0.4, 0.5) is 0 Å². The van der Waals surface area contributed by atoms with Crippen molar-refractivity contribution in [3.05, 3.63) is 54.2 Å². The van der Waals surface area contributed by atoms with Crippen molar-refractivity contribution < 1.29 is 4.42 Å². The fourth-order valence-corrected chi connectivity index (χ4v) is 1.77. The molecule has 0 aliphatic heterocycles. The molecule has 0 spiro atoms. The Kier molecular flexibility index (Phi) is 4.93. The van der Waals surface area contributed by atoms with Crippen molar-refractivity contribution in [2.75, 3.05) is 20.1 Å². The number of aromatic nitrogens is 1. The fraction of sp³-hybridized carbons (Fsp3) is 0.357. The molecule has 18 heavy (non-hydrogen) atoms. The second-order valence-corrected chi connectivity index (χ2v) is 4.40. The highest BCUT2D eigenvalue weighted by atomic mass is 16.3. The predicted octanol–water partition coefficient (Wildman–Crippen LogP) is 1.90. The molecule has 2 aromatic heterocycles. The van der Waals surface area contributed by atoms with Crippen LogP contribution in [0.5, 0.6) is 0 Å². The molecular formula is C14H19N3O. The summed E-state index contributed by atoms with van der Waals surface area (Å²) >= 11 is 0. The number of nitrogens with zero attached hydrogens (tertiary/aromatic N) is 2. The molecule has 0 amide bonds. The van der Waals surface area contributed by atoms with Gasteiger partial charge in [0.15, 0.2) is 0 Å². The van der Waals surface area contributed by atoms with Gasteiger partial charge >= 0.3 is 0 Å². The highest BCUT2D eigenvalue weighted by Gasteiger charge is 2.00. The minimum Gasteiger partial charge on any atom is -0.472 e. The van der Waals surface area contributed by atoms with Gasteiger partial charge in [-0.15, -0.1) is 0 Å². The van der Waals surface area contributed by atoms with Crippen LogP contribution in [-0.2, 0) is 13.1 Å². The van der Waals surface area contributed by atoms with Gasteiger partial charge in [0.05, 0.1) is 12.5 Å². The average molecular weight is 245 g/mol. The van der Waals surface area contributed by atoms with Crippen LogP contribution in [0, 0.1) is 0 Å². The van der Waals surface area contributed by atoms with Crippen LogP contribution in [0.15, 0.2) is 47.5 Å². The summed E-state index contributed by atoms with van der Waals surface area (Å²) in [5.74, 6) is 0. The summed E-state index contributed by atoms with van der Waals surface area (Å²) in [7, 11) is 2.12. The Morgan fingerprint density at radius 2 is 2.06 bits per heavy atom. The van der Waals surface area contributed by atoms with Gasteiger partial charge in [-0.1, -0.05) is 0 Å². The van der Waals surface area contributed by atoms with E-state index in [4.69, 9.17) is 4.42 Å². The van der Waals surface area contributed by atoms with Gasteiger partial charge in [-0.2, -0.15) is 0 Å². The van der Waals surface area contributed by atoms with Crippen molar-refractivity contribution in [1.82, 2.24) is 15.2 Å². The van der Waals surface area contributed by atoms with Crippen LogP contribution in [-0.4, -0.2) is 30.0 Å². The van der Waals surface area contributed by atoms with E-state index in [0.717, 1.165) is 26.2 Å². The van der Waals surface area contributed by atoms with Crippen LogP contribution in [0.25, 0.3) is 0 Å². The SMILES string of the molecule is CN(CCNCc1ccoc1)Cc1ccncc1. The Morgan fingerprint density at radius 3 is 2.78 bits per heavy atom. The molecule has 0 radical (unpaired) electrons. The van der Waals surface area contributed by atoms with Crippen LogP contribution >= 0.6 is 0 Å². The second-order valence-electron chi connectivity index (χ2n) is 4.40. The Labute approximate surface area is 108 Å². The normalized spacial score (nSPS) is 11.0. The number of pyridine rings is 1. The first-order chi connectivity index (χ1) is 8.84. The van der Waals surface area contributed by atoms with Crippen molar-refractivity contribution in [1.29, 1.82) is 0 Å². The summed E-state index contributed by atoms with van der Waals surface area (Å²) in [5.41, 5.74) is 2.48. The minimum absolute atomic E-state index is 0.861. The van der Waals surface area contributed by atoms with Crippen LogP contribution in [0.1, 0.15) is 11.1 Å². The van der Waals surface area contributed by atoms with E-state index < -0.39 is 0 Å². The van der Waals surface area contributed by atoms with Crippen molar-refractivity contribution in [3.63, 3.8) is 0 Å². The number of rotatable bonds is 7. The van der Waals surface area contributed by atoms with Gasteiger partial charge in [0.1, 0.15) is 0 Å². The van der Waals surface area contributed by atoms with Crippen LogP contribution < -0.4 is 5.32 Å². The van der Waals surface area contributed by atoms with Gasteiger partial charge in [0, 0.05) is 44.1 Å². The molecule has 0 fully saturated rings. The van der Waals surface area contributed by atoms with Gasteiger partial charge in [-0.05, 0) is 30.8 Å². The number of hydrogen-bond donors (Lipinski definition) is 1. The predicted molar refractivity (Wildman–Crippen MR) is 71.0 cm³/mol. The van der Waals surface area contributed by atoms with Gasteiger partial charge in [-0.3, -0.25) is 4.98 Å². The molecule has 0 unspecified atom stereocenters. The molecule has 0 atom stereocenters. The largest absolute Gasteiger partial charge is 0.472 e. The molecular weight excluding hydrogens is 226 g/mol. The molecule has 0 saturated heterocycles. The fourth-order valence-electron chi connectivity index (χ4n) is 1.77. The third-order valence-corrected chi connectivity index (χ3v) is 2.78. The molecule has 1 N–H and O–H groups in total. The molecule has 0 saturated carbocycles. The first kappa shape index (κ1) is 12.8. The summed E-state index contributed by atoms with van der Waals surface area (Å²) in [6.07, 6.45) is 7.14. The summed E-state index contributed by atoms with van der Waals surface area (Å²) < 4.78 is 5.02. The lowest BCUT2D eigenvalue weighted by Gasteiger charge is -2.16. The standard InChI is InChI=1S/C14H19N3O/c1-17(11-13-2-5-15-6-3-13)8-7-16-10-14-4-9-18-12-14/h2-6,9,12,16H,7-8,10-11H2,1H3. The zero-order valence-corrected chi connectivity index (χ0v) is 10.7. The molecule has 2 heterocycles. The lowest BCUT2D eigenvalue weighted by molar-refractivity contribution is 0.324. The third kappa shape index (κ3) is 4.31. The topological polar surface area (TPSA) is 41.3 Å². The maximum Gasteiger partial charge on any atom is 0.0947 e. The quantitative estimate of drug-likeness (QED) is 0.756.